The summed E-state index contributed by atoms with van der Waals surface area (Å²) in [5.74, 6) is -0.508. The predicted molar refractivity (Wildman–Crippen MR) is 80.1 cm³/mol. The van der Waals surface area contributed by atoms with Crippen LogP contribution in [0, 0.1) is 11.7 Å². The van der Waals surface area contributed by atoms with Crippen LogP contribution in [-0.2, 0) is 15.4 Å². The van der Waals surface area contributed by atoms with Crippen LogP contribution in [-0.4, -0.2) is 22.6 Å². The Morgan fingerprint density at radius 2 is 2.14 bits per heavy atom. The third-order valence-electron chi connectivity index (χ3n) is 3.28. The second-order valence-corrected chi connectivity index (χ2v) is 5.67. The molecule has 114 valence electrons. The molecule has 21 heavy (non-hydrogen) atoms. The number of fused-ring (bicyclic) bond motifs is 1. The number of benzene rings is 1. The molecule has 4 nitrogen and oxygen atoms in total. The lowest BCUT2D eigenvalue weighted by molar-refractivity contribution is -0.145. The number of methoxy groups -OCH3 is 1. The van der Waals surface area contributed by atoms with E-state index in [4.69, 9.17) is 27.9 Å². The van der Waals surface area contributed by atoms with Gasteiger partial charge in [-0.15, -0.1) is 11.6 Å². The van der Waals surface area contributed by atoms with Gasteiger partial charge >= 0.3 is 5.97 Å². The Morgan fingerprint density at radius 3 is 2.67 bits per heavy atom. The molecule has 7 heteroatoms. The van der Waals surface area contributed by atoms with E-state index in [1.54, 1.807) is 4.57 Å². The summed E-state index contributed by atoms with van der Waals surface area (Å²) in [6.07, 6.45) is 0. The Balaban J connectivity index is 2.75. The van der Waals surface area contributed by atoms with E-state index in [0.29, 0.717) is 16.9 Å². The zero-order valence-corrected chi connectivity index (χ0v) is 13.4. The van der Waals surface area contributed by atoms with E-state index in [9.17, 15) is 9.18 Å². The number of imidazole rings is 1. The van der Waals surface area contributed by atoms with Crippen molar-refractivity contribution in [3.05, 3.63) is 28.8 Å². The van der Waals surface area contributed by atoms with Crippen molar-refractivity contribution in [2.75, 3.05) is 7.11 Å². The number of alkyl halides is 1. The van der Waals surface area contributed by atoms with Gasteiger partial charge in [0.25, 0.3) is 0 Å². The molecule has 0 saturated carbocycles. The fourth-order valence-electron chi connectivity index (χ4n) is 2.34. The summed E-state index contributed by atoms with van der Waals surface area (Å²) < 4.78 is 20.2. The lowest BCUT2D eigenvalue weighted by Gasteiger charge is -2.22. The van der Waals surface area contributed by atoms with Gasteiger partial charge in [-0.1, -0.05) is 25.4 Å². The van der Waals surface area contributed by atoms with Crippen LogP contribution in [0.3, 0.4) is 0 Å². The van der Waals surface area contributed by atoms with Gasteiger partial charge in [-0.3, -0.25) is 0 Å². The number of carbonyl (C=O) groups excluding carboxylic acids is 1. The van der Waals surface area contributed by atoms with Crippen LogP contribution in [0.2, 0.25) is 5.02 Å². The average molecular weight is 333 g/mol. The predicted octanol–water partition coefficient (Wildman–Crippen LogP) is 3.94. The molecule has 0 aliphatic carbocycles. The van der Waals surface area contributed by atoms with E-state index < -0.39 is 17.8 Å². The van der Waals surface area contributed by atoms with Crippen LogP contribution >= 0.6 is 23.2 Å². The minimum Gasteiger partial charge on any atom is -0.467 e. The van der Waals surface area contributed by atoms with Crippen LogP contribution in [0.15, 0.2) is 12.1 Å². The fraction of sp³-hybridized carbons (Fsp3) is 0.429. The molecular weight excluding hydrogens is 318 g/mol. The highest BCUT2D eigenvalue weighted by atomic mass is 35.5. The van der Waals surface area contributed by atoms with Gasteiger partial charge in [0.2, 0.25) is 0 Å². The number of halogens is 3. The van der Waals surface area contributed by atoms with Gasteiger partial charge in [0, 0.05) is 6.07 Å². The molecule has 1 heterocycles. The molecule has 1 unspecified atom stereocenters. The second-order valence-electron chi connectivity index (χ2n) is 5.00. The van der Waals surface area contributed by atoms with Crippen molar-refractivity contribution in [3.8, 4) is 0 Å². The van der Waals surface area contributed by atoms with Gasteiger partial charge in [0.15, 0.2) is 0 Å². The number of esters is 1. The first-order valence-electron chi connectivity index (χ1n) is 6.40. The Bertz CT molecular complexity index is 685. The number of carbonyl (C=O) groups is 1. The zero-order chi connectivity index (χ0) is 15.7. The fourth-order valence-corrected chi connectivity index (χ4v) is 2.69. The average Bonchev–Trinajstić information content (AvgIpc) is 2.77. The Kier molecular flexibility index (Phi) is 4.74. The van der Waals surface area contributed by atoms with Gasteiger partial charge in [-0.2, -0.15) is 0 Å². The van der Waals surface area contributed by atoms with Gasteiger partial charge in [-0.25, -0.2) is 14.2 Å². The molecule has 1 atom stereocenters. The quantitative estimate of drug-likeness (QED) is 0.629. The highest BCUT2D eigenvalue weighted by Gasteiger charge is 2.29. The molecule has 0 aliphatic heterocycles. The molecule has 0 spiro atoms. The standard InChI is InChI=1S/C14H15Cl2FN2O2/c1-7(2)13(14(20)21-3)19-11-5-9(17)8(16)4-10(11)18-12(19)6-15/h4-5,7,13H,6H2,1-3H3. The van der Waals surface area contributed by atoms with E-state index in [0.717, 1.165) is 0 Å². The molecule has 0 amide bonds. The van der Waals surface area contributed by atoms with Crippen molar-refractivity contribution in [2.45, 2.75) is 25.8 Å². The monoisotopic (exact) mass is 332 g/mol. The van der Waals surface area contributed by atoms with Gasteiger partial charge in [0.05, 0.1) is 29.0 Å². The summed E-state index contributed by atoms with van der Waals surface area (Å²) in [6.45, 7) is 3.75. The van der Waals surface area contributed by atoms with E-state index in [2.05, 4.69) is 4.98 Å². The highest BCUT2D eigenvalue weighted by Crippen LogP contribution is 2.30. The number of hydrogen-bond acceptors (Lipinski definition) is 3. The molecule has 0 fully saturated rings. The van der Waals surface area contributed by atoms with Gasteiger partial charge in [-0.05, 0) is 12.0 Å². The minimum atomic E-state index is -0.630. The lowest BCUT2D eigenvalue weighted by Crippen LogP contribution is -2.27. The summed E-state index contributed by atoms with van der Waals surface area (Å²) in [5.41, 5.74) is 0.961. The third-order valence-corrected chi connectivity index (χ3v) is 3.81. The zero-order valence-electron chi connectivity index (χ0n) is 11.9. The largest absolute Gasteiger partial charge is 0.467 e. The van der Waals surface area contributed by atoms with Crippen molar-refractivity contribution in [1.29, 1.82) is 0 Å². The van der Waals surface area contributed by atoms with Gasteiger partial charge in [0.1, 0.15) is 17.7 Å². The topological polar surface area (TPSA) is 44.1 Å². The number of ether oxygens (including phenoxy) is 1. The van der Waals surface area contributed by atoms with Crippen molar-refractivity contribution in [2.24, 2.45) is 5.92 Å². The third kappa shape index (κ3) is 2.85. The second kappa shape index (κ2) is 6.20. The Morgan fingerprint density at radius 1 is 1.48 bits per heavy atom. The molecule has 0 radical (unpaired) electrons. The summed E-state index contributed by atoms with van der Waals surface area (Å²) in [6, 6.07) is 2.06. The van der Waals surface area contributed by atoms with Gasteiger partial charge < -0.3 is 9.30 Å². The molecule has 0 N–H and O–H groups in total. The Hall–Kier alpha value is -1.33. The first kappa shape index (κ1) is 16.0. The van der Waals surface area contributed by atoms with Crippen molar-refractivity contribution >= 4 is 40.2 Å². The van der Waals surface area contributed by atoms with E-state index in [-0.39, 0.29) is 16.8 Å². The smallest absolute Gasteiger partial charge is 0.329 e. The van der Waals surface area contributed by atoms with E-state index >= 15 is 0 Å². The maximum Gasteiger partial charge on any atom is 0.329 e. The molecule has 0 saturated heterocycles. The van der Waals surface area contributed by atoms with E-state index in [1.165, 1.54) is 19.2 Å². The normalized spacial score (nSPS) is 12.9. The van der Waals surface area contributed by atoms with Crippen molar-refractivity contribution in [1.82, 2.24) is 9.55 Å². The number of rotatable bonds is 4. The number of hydrogen-bond donors (Lipinski definition) is 0. The summed E-state index contributed by atoms with van der Waals surface area (Å²) >= 11 is 11.7. The van der Waals surface area contributed by atoms with Crippen LogP contribution in [0.25, 0.3) is 11.0 Å². The van der Waals surface area contributed by atoms with Crippen molar-refractivity contribution < 1.29 is 13.9 Å². The SMILES string of the molecule is COC(=O)C(C(C)C)n1c(CCl)nc2cc(Cl)c(F)cc21. The molecule has 2 aromatic rings. The first-order chi connectivity index (χ1) is 9.90. The number of nitrogens with zero attached hydrogens (tertiary/aromatic N) is 2. The lowest BCUT2D eigenvalue weighted by atomic mass is 10.0. The van der Waals surface area contributed by atoms with Crippen molar-refractivity contribution in [3.63, 3.8) is 0 Å². The summed E-state index contributed by atoms with van der Waals surface area (Å²) in [4.78, 5) is 16.4. The minimum absolute atomic E-state index is 0.0209. The van der Waals surface area contributed by atoms with Crippen LogP contribution < -0.4 is 0 Å². The summed E-state index contributed by atoms with van der Waals surface area (Å²) in [7, 11) is 1.31. The molecule has 1 aromatic heterocycles. The molecule has 0 aliphatic rings. The molecule has 0 bridgehead atoms. The molecular formula is C14H15Cl2FN2O2. The van der Waals surface area contributed by atoms with E-state index in [1.807, 2.05) is 13.8 Å². The maximum atomic E-state index is 13.8. The maximum absolute atomic E-state index is 13.8. The van der Waals surface area contributed by atoms with Crippen LogP contribution in [0.1, 0.15) is 25.7 Å². The van der Waals surface area contributed by atoms with Crippen LogP contribution in [0.5, 0.6) is 0 Å². The first-order valence-corrected chi connectivity index (χ1v) is 7.31. The highest BCUT2D eigenvalue weighted by molar-refractivity contribution is 6.31. The Labute approximate surface area is 131 Å². The molecule has 1 aromatic carbocycles. The number of aromatic nitrogens is 2. The van der Waals surface area contributed by atoms with Crippen LogP contribution in [0.4, 0.5) is 4.39 Å². The molecule has 2 rings (SSSR count). The summed E-state index contributed by atoms with van der Waals surface area (Å²) in [5, 5.41) is -0.0209.